The standard InChI is InChI=1S/C21H25ClN2O3/c1-4-19(21(26)23-3)24(13-16-9-6-5-8-15(16)2)20(25)14-27-18-11-7-10-17(22)12-18/h5-12,19H,4,13-14H2,1-3H3,(H,23,26). The highest BCUT2D eigenvalue weighted by atomic mass is 35.5. The van der Waals surface area contributed by atoms with Gasteiger partial charge in [0.2, 0.25) is 5.91 Å². The Morgan fingerprint density at radius 2 is 1.93 bits per heavy atom. The molecule has 0 aromatic heterocycles. The third-order valence-electron chi connectivity index (χ3n) is 4.39. The number of benzene rings is 2. The highest BCUT2D eigenvalue weighted by molar-refractivity contribution is 6.30. The Morgan fingerprint density at radius 1 is 1.19 bits per heavy atom. The predicted molar refractivity (Wildman–Crippen MR) is 107 cm³/mol. The second kappa shape index (κ2) is 9.97. The molecule has 0 aliphatic carbocycles. The molecule has 2 aromatic carbocycles. The van der Waals surface area contributed by atoms with Gasteiger partial charge in [-0.1, -0.05) is 48.9 Å². The maximum absolute atomic E-state index is 12.9. The zero-order chi connectivity index (χ0) is 19.8. The molecule has 0 fully saturated rings. The number of rotatable bonds is 8. The van der Waals surface area contributed by atoms with E-state index >= 15 is 0 Å². The smallest absolute Gasteiger partial charge is 0.261 e. The molecule has 2 amide bonds. The quantitative estimate of drug-likeness (QED) is 0.751. The van der Waals surface area contributed by atoms with Crippen LogP contribution in [0.25, 0.3) is 0 Å². The minimum Gasteiger partial charge on any atom is -0.484 e. The minimum absolute atomic E-state index is 0.167. The number of amides is 2. The molecule has 0 bridgehead atoms. The van der Waals surface area contributed by atoms with Gasteiger partial charge in [-0.25, -0.2) is 0 Å². The summed E-state index contributed by atoms with van der Waals surface area (Å²) in [5.74, 6) is 0.0653. The number of hydrogen-bond donors (Lipinski definition) is 1. The fraction of sp³-hybridized carbons (Fsp3) is 0.333. The largest absolute Gasteiger partial charge is 0.484 e. The van der Waals surface area contributed by atoms with Gasteiger partial charge >= 0.3 is 0 Å². The molecule has 0 saturated heterocycles. The van der Waals surface area contributed by atoms with Gasteiger partial charge in [0.25, 0.3) is 5.91 Å². The lowest BCUT2D eigenvalue weighted by Crippen LogP contribution is -2.49. The van der Waals surface area contributed by atoms with E-state index in [9.17, 15) is 9.59 Å². The molecule has 27 heavy (non-hydrogen) atoms. The Hall–Kier alpha value is -2.53. The molecule has 144 valence electrons. The maximum Gasteiger partial charge on any atom is 0.261 e. The van der Waals surface area contributed by atoms with E-state index in [1.165, 1.54) is 0 Å². The lowest BCUT2D eigenvalue weighted by Gasteiger charge is -2.30. The van der Waals surface area contributed by atoms with Crippen molar-refractivity contribution in [3.63, 3.8) is 0 Å². The average molecular weight is 389 g/mol. The van der Waals surface area contributed by atoms with Crippen LogP contribution in [0.2, 0.25) is 5.02 Å². The number of nitrogens with one attached hydrogen (secondary N) is 1. The van der Waals surface area contributed by atoms with E-state index in [1.54, 1.807) is 36.2 Å². The zero-order valence-electron chi connectivity index (χ0n) is 15.9. The second-order valence-electron chi connectivity index (χ2n) is 6.23. The Kier molecular flexibility index (Phi) is 7.67. The van der Waals surface area contributed by atoms with Crippen LogP contribution in [0.1, 0.15) is 24.5 Å². The van der Waals surface area contributed by atoms with Gasteiger partial charge in [-0.3, -0.25) is 9.59 Å². The first-order valence-corrected chi connectivity index (χ1v) is 9.28. The van der Waals surface area contributed by atoms with Crippen LogP contribution in [0.15, 0.2) is 48.5 Å². The Bertz CT molecular complexity index is 795. The third kappa shape index (κ3) is 5.73. The van der Waals surface area contributed by atoms with Gasteiger partial charge in [0.15, 0.2) is 6.61 Å². The minimum atomic E-state index is -0.565. The van der Waals surface area contributed by atoms with E-state index in [1.807, 2.05) is 38.1 Å². The van der Waals surface area contributed by atoms with E-state index < -0.39 is 6.04 Å². The van der Waals surface area contributed by atoms with Gasteiger partial charge in [0.1, 0.15) is 11.8 Å². The Labute approximate surface area is 165 Å². The van der Waals surface area contributed by atoms with E-state index in [0.717, 1.165) is 11.1 Å². The molecule has 0 aliphatic rings. The number of carbonyl (C=O) groups is 2. The molecule has 1 unspecified atom stereocenters. The molecule has 0 spiro atoms. The molecule has 0 aliphatic heterocycles. The fourth-order valence-electron chi connectivity index (χ4n) is 2.84. The summed E-state index contributed by atoms with van der Waals surface area (Å²) in [6.45, 7) is 4.05. The summed E-state index contributed by atoms with van der Waals surface area (Å²) in [6, 6.07) is 14.1. The molecule has 6 heteroatoms. The molecule has 1 atom stereocenters. The van der Waals surface area contributed by atoms with Crippen LogP contribution in [0.4, 0.5) is 0 Å². The topological polar surface area (TPSA) is 58.6 Å². The van der Waals surface area contributed by atoms with E-state index in [-0.39, 0.29) is 18.4 Å². The molecule has 1 N–H and O–H groups in total. The summed E-state index contributed by atoms with van der Waals surface area (Å²) in [5, 5.41) is 3.18. The summed E-state index contributed by atoms with van der Waals surface area (Å²) < 4.78 is 5.60. The van der Waals surface area contributed by atoms with Crippen LogP contribution in [0, 0.1) is 6.92 Å². The number of halogens is 1. The second-order valence-corrected chi connectivity index (χ2v) is 6.67. The molecular formula is C21H25ClN2O3. The van der Waals surface area contributed by atoms with Crippen molar-refractivity contribution in [2.24, 2.45) is 0 Å². The van der Waals surface area contributed by atoms with Gasteiger partial charge in [0.05, 0.1) is 0 Å². The number of nitrogens with zero attached hydrogens (tertiary/aromatic N) is 1. The molecule has 5 nitrogen and oxygen atoms in total. The lowest BCUT2D eigenvalue weighted by molar-refractivity contribution is -0.142. The van der Waals surface area contributed by atoms with Crippen LogP contribution in [-0.4, -0.2) is 36.4 Å². The SMILES string of the molecule is CCC(C(=O)NC)N(Cc1ccccc1C)C(=O)COc1cccc(Cl)c1. The molecular weight excluding hydrogens is 364 g/mol. The number of likely N-dealkylation sites (N-methyl/N-ethyl adjacent to an activating group) is 1. The van der Waals surface area contributed by atoms with E-state index in [0.29, 0.717) is 23.7 Å². The summed E-state index contributed by atoms with van der Waals surface area (Å²) in [7, 11) is 1.57. The summed E-state index contributed by atoms with van der Waals surface area (Å²) in [4.78, 5) is 26.8. The first-order chi connectivity index (χ1) is 13.0. The maximum atomic E-state index is 12.9. The van der Waals surface area contributed by atoms with E-state index in [4.69, 9.17) is 16.3 Å². The monoisotopic (exact) mass is 388 g/mol. The van der Waals surface area contributed by atoms with Gasteiger partial charge in [0, 0.05) is 18.6 Å². The van der Waals surface area contributed by atoms with Gasteiger partial charge in [-0.15, -0.1) is 0 Å². The first kappa shape index (κ1) is 20.8. The molecule has 0 radical (unpaired) electrons. The summed E-state index contributed by atoms with van der Waals surface area (Å²) in [5.41, 5.74) is 2.06. The molecule has 0 heterocycles. The average Bonchev–Trinajstić information content (AvgIpc) is 2.67. The van der Waals surface area contributed by atoms with Crippen LogP contribution in [0.3, 0.4) is 0 Å². The van der Waals surface area contributed by atoms with Crippen molar-refractivity contribution in [2.45, 2.75) is 32.9 Å². The van der Waals surface area contributed by atoms with Crippen LogP contribution in [-0.2, 0) is 16.1 Å². The predicted octanol–water partition coefficient (Wildman–Crippen LogP) is 3.58. The number of carbonyl (C=O) groups excluding carboxylic acids is 2. The van der Waals surface area contributed by atoms with Crippen molar-refractivity contribution < 1.29 is 14.3 Å². The highest BCUT2D eigenvalue weighted by Crippen LogP contribution is 2.19. The van der Waals surface area contributed by atoms with Crippen molar-refractivity contribution in [1.82, 2.24) is 10.2 Å². The van der Waals surface area contributed by atoms with Gasteiger partial charge in [-0.05, 0) is 42.7 Å². The van der Waals surface area contributed by atoms with Gasteiger partial charge in [-0.2, -0.15) is 0 Å². The highest BCUT2D eigenvalue weighted by Gasteiger charge is 2.28. The number of hydrogen-bond acceptors (Lipinski definition) is 3. The Balaban J connectivity index is 2.20. The zero-order valence-corrected chi connectivity index (χ0v) is 16.6. The van der Waals surface area contributed by atoms with Crippen molar-refractivity contribution in [1.29, 1.82) is 0 Å². The number of ether oxygens (including phenoxy) is 1. The van der Waals surface area contributed by atoms with Crippen LogP contribution >= 0.6 is 11.6 Å². The Morgan fingerprint density at radius 3 is 2.56 bits per heavy atom. The van der Waals surface area contributed by atoms with E-state index in [2.05, 4.69) is 5.32 Å². The molecule has 0 saturated carbocycles. The fourth-order valence-corrected chi connectivity index (χ4v) is 3.02. The van der Waals surface area contributed by atoms with Crippen molar-refractivity contribution in [2.75, 3.05) is 13.7 Å². The van der Waals surface area contributed by atoms with Crippen molar-refractivity contribution in [3.05, 3.63) is 64.7 Å². The normalized spacial score (nSPS) is 11.6. The summed E-state index contributed by atoms with van der Waals surface area (Å²) >= 11 is 5.95. The van der Waals surface area contributed by atoms with Crippen LogP contribution < -0.4 is 10.1 Å². The van der Waals surface area contributed by atoms with Crippen LogP contribution in [0.5, 0.6) is 5.75 Å². The third-order valence-corrected chi connectivity index (χ3v) is 4.63. The molecule has 2 rings (SSSR count). The lowest BCUT2D eigenvalue weighted by atomic mass is 10.1. The van der Waals surface area contributed by atoms with Gasteiger partial charge < -0.3 is 15.0 Å². The molecule has 2 aromatic rings. The first-order valence-electron chi connectivity index (χ1n) is 8.90. The summed E-state index contributed by atoms with van der Waals surface area (Å²) in [6.07, 6.45) is 0.508. The van der Waals surface area contributed by atoms with Crippen molar-refractivity contribution >= 4 is 23.4 Å². The number of aryl methyl sites for hydroxylation is 1. The van der Waals surface area contributed by atoms with Crippen molar-refractivity contribution in [3.8, 4) is 5.75 Å².